The Bertz CT molecular complexity index is 528. The van der Waals surface area contributed by atoms with E-state index in [1.807, 2.05) is 12.1 Å². The molecule has 3 N–H and O–H groups in total. The third kappa shape index (κ3) is 3.58. The van der Waals surface area contributed by atoms with Crippen LogP contribution in [0.1, 0.15) is 30.4 Å². The molecule has 0 aromatic heterocycles. The molecule has 6 heteroatoms. The quantitative estimate of drug-likeness (QED) is 0.843. The van der Waals surface area contributed by atoms with Crippen molar-refractivity contribution in [1.82, 2.24) is 4.31 Å². The summed E-state index contributed by atoms with van der Waals surface area (Å²) in [5, 5.41) is 9.34. The SMILES string of the molecule is NCc1ccc(CS(=O)(=O)N2CCCCC2CO)cc1. The summed E-state index contributed by atoms with van der Waals surface area (Å²) in [5.74, 6) is -0.0195. The van der Waals surface area contributed by atoms with Crippen LogP contribution in [0, 0.1) is 0 Å². The molecule has 0 radical (unpaired) electrons. The standard InChI is InChI=1S/C14H22N2O3S/c15-9-12-4-6-13(7-5-12)11-20(18,19)16-8-2-1-3-14(16)10-17/h4-7,14,17H,1-3,8-11,15H2. The zero-order chi connectivity index (χ0) is 14.6. The molecule has 20 heavy (non-hydrogen) atoms. The van der Waals surface area contributed by atoms with Crippen molar-refractivity contribution in [3.05, 3.63) is 35.4 Å². The zero-order valence-corrected chi connectivity index (χ0v) is 12.3. The highest BCUT2D eigenvalue weighted by molar-refractivity contribution is 7.88. The maximum atomic E-state index is 12.5. The number of benzene rings is 1. The van der Waals surface area contributed by atoms with Gasteiger partial charge in [-0.1, -0.05) is 30.7 Å². The van der Waals surface area contributed by atoms with Crippen molar-refractivity contribution in [3.63, 3.8) is 0 Å². The first-order valence-corrected chi connectivity index (χ1v) is 8.56. The lowest BCUT2D eigenvalue weighted by Crippen LogP contribution is -2.45. The zero-order valence-electron chi connectivity index (χ0n) is 11.5. The molecule has 1 saturated heterocycles. The normalized spacial score (nSPS) is 21.0. The maximum absolute atomic E-state index is 12.5. The molecule has 0 aliphatic carbocycles. The minimum absolute atomic E-state index is 0.0195. The predicted octanol–water partition coefficient (Wildman–Crippen LogP) is 0.822. The molecule has 0 amide bonds. The van der Waals surface area contributed by atoms with Gasteiger partial charge in [-0.05, 0) is 24.0 Å². The minimum Gasteiger partial charge on any atom is -0.395 e. The molecule has 0 bridgehead atoms. The second kappa shape index (κ2) is 6.67. The number of nitrogens with two attached hydrogens (primary N) is 1. The van der Waals surface area contributed by atoms with Crippen molar-refractivity contribution in [1.29, 1.82) is 0 Å². The van der Waals surface area contributed by atoms with Gasteiger partial charge in [0.1, 0.15) is 0 Å². The Morgan fingerprint density at radius 1 is 1.20 bits per heavy atom. The Hall–Kier alpha value is -0.950. The molecule has 5 nitrogen and oxygen atoms in total. The largest absolute Gasteiger partial charge is 0.395 e. The van der Waals surface area contributed by atoms with E-state index in [2.05, 4.69) is 0 Å². The second-order valence-electron chi connectivity index (χ2n) is 5.22. The lowest BCUT2D eigenvalue weighted by Gasteiger charge is -2.33. The van der Waals surface area contributed by atoms with Crippen molar-refractivity contribution in [2.45, 2.75) is 37.6 Å². The third-order valence-corrected chi connectivity index (χ3v) is 5.64. The van der Waals surface area contributed by atoms with Crippen LogP contribution in [0.15, 0.2) is 24.3 Å². The number of piperidine rings is 1. The van der Waals surface area contributed by atoms with Gasteiger partial charge in [-0.15, -0.1) is 0 Å². The lowest BCUT2D eigenvalue weighted by molar-refractivity contribution is 0.155. The first-order chi connectivity index (χ1) is 9.56. The van der Waals surface area contributed by atoms with Crippen LogP contribution in [0.4, 0.5) is 0 Å². The highest BCUT2D eigenvalue weighted by Crippen LogP contribution is 2.22. The first kappa shape index (κ1) is 15.4. The van der Waals surface area contributed by atoms with E-state index in [0.29, 0.717) is 13.1 Å². The number of aliphatic hydroxyl groups excluding tert-OH is 1. The molecule has 1 unspecified atom stereocenters. The molecular formula is C14H22N2O3S. The number of rotatable bonds is 5. The van der Waals surface area contributed by atoms with Crippen LogP contribution in [-0.4, -0.2) is 37.0 Å². The smallest absolute Gasteiger partial charge is 0.218 e. The molecule has 2 rings (SSSR count). The molecule has 112 valence electrons. The van der Waals surface area contributed by atoms with Crippen LogP contribution in [0.3, 0.4) is 0 Å². The fraction of sp³-hybridized carbons (Fsp3) is 0.571. The topological polar surface area (TPSA) is 83.6 Å². The van der Waals surface area contributed by atoms with E-state index < -0.39 is 10.0 Å². The van der Waals surface area contributed by atoms with Gasteiger partial charge in [-0.25, -0.2) is 8.42 Å². The summed E-state index contributed by atoms with van der Waals surface area (Å²) in [7, 11) is -3.38. The van der Waals surface area contributed by atoms with Crippen LogP contribution in [0.5, 0.6) is 0 Å². The van der Waals surface area contributed by atoms with E-state index in [1.54, 1.807) is 12.1 Å². The van der Waals surface area contributed by atoms with Crippen molar-refractivity contribution in [3.8, 4) is 0 Å². The Balaban J connectivity index is 2.12. The highest BCUT2D eigenvalue weighted by atomic mass is 32.2. The Kier molecular flexibility index (Phi) is 5.15. The molecule has 0 spiro atoms. The molecular weight excluding hydrogens is 276 g/mol. The maximum Gasteiger partial charge on any atom is 0.218 e. The van der Waals surface area contributed by atoms with Gasteiger partial charge in [-0.3, -0.25) is 0 Å². The predicted molar refractivity (Wildman–Crippen MR) is 78.4 cm³/mol. The van der Waals surface area contributed by atoms with Crippen LogP contribution in [-0.2, 0) is 22.3 Å². The monoisotopic (exact) mass is 298 g/mol. The molecule has 1 atom stereocenters. The fourth-order valence-electron chi connectivity index (χ4n) is 2.59. The van der Waals surface area contributed by atoms with Gasteiger partial charge >= 0.3 is 0 Å². The summed E-state index contributed by atoms with van der Waals surface area (Å²) in [5.41, 5.74) is 7.26. The van der Waals surface area contributed by atoms with Crippen molar-refractivity contribution < 1.29 is 13.5 Å². The van der Waals surface area contributed by atoms with Gasteiger partial charge in [-0.2, -0.15) is 4.31 Å². The number of hydrogen-bond donors (Lipinski definition) is 2. The number of nitrogens with zero attached hydrogens (tertiary/aromatic N) is 1. The Labute approximate surface area is 120 Å². The second-order valence-corrected chi connectivity index (χ2v) is 7.14. The minimum atomic E-state index is -3.38. The summed E-state index contributed by atoms with van der Waals surface area (Å²) in [4.78, 5) is 0. The van der Waals surface area contributed by atoms with Crippen LogP contribution >= 0.6 is 0 Å². The molecule has 1 aliphatic rings. The van der Waals surface area contributed by atoms with Crippen molar-refractivity contribution in [2.75, 3.05) is 13.2 Å². The van der Waals surface area contributed by atoms with E-state index >= 15 is 0 Å². The van der Waals surface area contributed by atoms with Gasteiger partial charge in [0.2, 0.25) is 10.0 Å². The number of aliphatic hydroxyl groups is 1. The fourth-order valence-corrected chi connectivity index (χ4v) is 4.40. The summed E-state index contributed by atoms with van der Waals surface area (Å²) < 4.78 is 26.4. The van der Waals surface area contributed by atoms with Crippen molar-refractivity contribution in [2.24, 2.45) is 5.73 Å². The summed E-state index contributed by atoms with van der Waals surface area (Å²) >= 11 is 0. The Morgan fingerprint density at radius 2 is 1.85 bits per heavy atom. The summed E-state index contributed by atoms with van der Waals surface area (Å²) in [6.07, 6.45) is 2.58. The van der Waals surface area contributed by atoms with Crippen LogP contribution in [0.25, 0.3) is 0 Å². The Morgan fingerprint density at radius 3 is 2.45 bits per heavy atom. The lowest BCUT2D eigenvalue weighted by atomic mass is 10.1. The number of sulfonamides is 1. The van der Waals surface area contributed by atoms with E-state index in [9.17, 15) is 13.5 Å². The van der Waals surface area contributed by atoms with Crippen molar-refractivity contribution >= 4 is 10.0 Å². The average molecular weight is 298 g/mol. The summed E-state index contributed by atoms with van der Waals surface area (Å²) in [6.45, 7) is 0.853. The van der Waals surface area contributed by atoms with Crippen LogP contribution in [0.2, 0.25) is 0 Å². The molecule has 1 aromatic rings. The molecule has 1 fully saturated rings. The van der Waals surface area contributed by atoms with E-state index in [0.717, 1.165) is 30.4 Å². The van der Waals surface area contributed by atoms with Gasteiger partial charge in [0.05, 0.1) is 12.4 Å². The van der Waals surface area contributed by atoms with E-state index in [-0.39, 0.29) is 18.4 Å². The molecule has 0 saturated carbocycles. The van der Waals surface area contributed by atoms with E-state index in [1.165, 1.54) is 4.31 Å². The molecule has 1 aliphatic heterocycles. The van der Waals surface area contributed by atoms with E-state index in [4.69, 9.17) is 5.73 Å². The van der Waals surface area contributed by atoms with Crippen LogP contribution < -0.4 is 5.73 Å². The average Bonchev–Trinajstić information content (AvgIpc) is 2.47. The van der Waals surface area contributed by atoms with Gasteiger partial charge in [0, 0.05) is 19.1 Å². The highest BCUT2D eigenvalue weighted by Gasteiger charge is 2.31. The third-order valence-electron chi connectivity index (χ3n) is 3.75. The van der Waals surface area contributed by atoms with Gasteiger partial charge in [0.15, 0.2) is 0 Å². The van der Waals surface area contributed by atoms with Gasteiger partial charge < -0.3 is 10.8 Å². The van der Waals surface area contributed by atoms with Gasteiger partial charge in [0.25, 0.3) is 0 Å². The molecule has 1 heterocycles. The number of hydrogen-bond acceptors (Lipinski definition) is 4. The molecule has 1 aromatic carbocycles. The summed E-state index contributed by atoms with van der Waals surface area (Å²) in [6, 6.07) is 7.04. The first-order valence-electron chi connectivity index (χ1n) is 6.95.